The number of urea groups is 1. The van der Waals surface area contributed by atoms with Crippen LogP contribution in [0, 0.1) is 5.92 Å². The lowest BCUT2D eigenvalue weighted by Crippen LogP contribution is -2.35. The smallest absolute Gasteiger partial charge is 0.334 e. The number of carbonyl (C=O) groups excluding carboxylic acids is 2. The maximum absolute atomic E-state index is 12.5. The third-order valence-corrected chi connectivity index (χ3v) is 6.21. The Morgan fingerprint density at radius 2 is 1.96 bits per heavy atom. The number of ketones is 1. The van der Waals surface area contributed by atoms with Crippen molar-refractivity contribution in [1.29, 1.82) is 0 Å². The number of aromatic nitrogens is 1. The Bertz CT molecular complexity index is 960. The van der Waals surface area contributed by atoms with Crippen molar-refractivity contribution in [3.05, 3.63) is 28.5 Å². The molecule has 0 unspecified atom stereocenters. The van der Waals surface area contributed by atoms with Crippen molar-refractivity contribution in [2.45, 2.75) is 17.7 Å². The third-order valence-electron chi connectivity index (χ3n) is 3.78. The number of hydrogen-bond donors (Lipinski definition) is 2. The number of amides is 2. The quantitative estimate of drug-likeness (QED) is 0.670. The van der Waals surface area contributed by atoms with Crippen LogP contribution in [-0.4, -0.2) is 39.4 Å². The Labute approximate surface area is 159 Å². The van der Waals surface area contributed by atoms with E-state index < -0.39 is 16.1 Å². The fourth-order valence-corrected chi connectivity index (χ4v) is 4.67. The minimum absolute atomic E-state index is 0.0403. The van der Waals surface area contributed by atoms with Gasteiger partial charge in [-0.25, -0.2) is 17.9 Å². The first-order valence-electron chi connectivity index (χ1n) is 7.89. The molecule has 9 nitrogen and oxygen atoms in total. The van der Waals surface area contributed by atoms with Gasteiger partial charge >= 0.3 is 6.03 Å². The van der Waals surface area contributed by atoms with Crippen molar-refractivity contribution in [2.75, 3.05) is 19.5 Å². The fraction of sp³-hybridized carbons (Fsp3) is 0.312. The summed E-state index contributed by atoms with van der Waals surface area (Å²) in [7, 11) is -1.39. The normalized spacial score (nSPS) is 13.7. The summed E-state index contributed by atoms with van der Waals surface area (Å²) in [5.74, 6) is 0.265. The number of methoxy groups -OCH3 is 2. The van der Waals surface area contributed by atoms with Gasteiger partial charge in [-0.3, -0.25) is 10.1 Å². The molecule has 2 aromatic rings. The van der Waals surface area contributed by atoms with E-state index in [4.69, 9.17) is 9.47 Å². The average molecular weight is 411 g/mol. The molecule has 0 saturated heterocycles. The van der Waals surface area contributed by atoms with Crippen LogP contribution in [0.5, 0.6) is 11.6 Å². The SMILES string of the molecule is COc1cc(NC(=O)NS(=O)(=O)c2ccsc2C(=O)C2CC2)nc(OC)c1. The van der Waals surface area contributed by atoms with Crippen molar-refractivity contribution < 1.29 is 27.5 Å². The maximum atomic E-state index is 12.5. The maximum Gasteiger partial charge on any atom is 0.334 e. The molecule has 1 aliphatic carbocycles. The standard InChI is InChI=1S/C16H17N3O6S2/c1-24-10-7-12(17-13(8-10)25-2)18-16(21)19-27(22,23)11-5-6-26-15(11)14(20)9-3-4-9/h5-9H,3-4H2,1-2H3,(H2,17,18,19,21). The molecule has 27 heavy (non-hydrogen) atoms. The van der Waals surface area contributed by atoms with Gasteiger partial charge in [0.1, 0.15) is 16.5 Å². The summed E-state index contributed by atoms with van der Waals surface area (Å²) in [4.78, 5) is 28.3. The van der Waals surface area contributed by atoms with E-state index in [0.29, 0.717) is 5.75 Å². The summed E-state index contributed by atoms with van der Waals surface area (Å²) in [5.41, 5.74) is 0. The first kappa shape index (κ1) is 19.1. The first-order chi connectivity index (χ1) is 12.8. The lowest BCUT2D eigenvalue weighted by atomic mass is 10.2. The van der Waals surface area contributed by atoms with Gasteiger partial charge in [-0.1, -0.05) is 0 Å². The number of Topliss-reactive ketones (excluding diaryl/α,β-unsaturated/α-hetero) is 1. The van der Waals surface area contributed by atoms with E-state index in [9.17, 15) is 18.0 Å². The Balaban J connectivity index is 1.76. The van der Waals surface area contributed by atoms with Crippen LogP contribution in [0.25, 0.3) is 0 Å². The summed E-state index contributed by atoms with van der Waals surface area (Å²) in [6.07, 6.45) is 1.51. The second kappa shape index (κ2) is 7.53. The molecule has 1 aliphatic rings. The molecule has 2 heterocycles. The summed E-state index contributed by atoms with van der Waals surface area (Å²) in [6.45, 7) is 0. The number of nitrogens with one attached hydrogen (secondary N) is 2. The van der Waals surface area contributed by atoms with Gasteiger partial charge in [-0.15, -0.1) is 11.3 Å². The van der Waals surface area contributed by atoms with Crippen molar-refractivity contribution >= 4 is 39.0 Å². The summed E-state index contributed by atoms with van der Waals surface area (Å²) >= 11 is 1.05. The molecule has 1 saturated carbocycles. The van der Waals surface area contributed by atoms with E-state index in [2.05, 4.69) is 10.3 Å². The molecular weight excluding hydrogens is 394 g/mol. The summed E-state index contributed by atoms with van der Waals surface area (Å²) in [6, 6.07) is 3.19. The molecule has 2 aromatic heterocycles. The fourth-order valence-electron chi connectivity index (χ4n) is 2.31. The zero-order chi connectivity index (χ0) is 19.6. The van der Waals surface area contributed by atoms with Gasteiger partial charge in [0.2, 0.25) is 5.88 Å². The van der Waals surface area contributed by atoms with Crippen LogP contribution in [0.3, 0.4) is 0 Å². The number of pyridine rings is 1. The Morgan fingerprint density at radius 3 is 2.59 bits per heavy atom. The Hall–Kier alpha value is -2.66. The summed E-state index contributed by atoms with van der Waals surface area (Å²) in [5, 5.41) is 3.82. The number of carbonyl (C=O) groups is 2. The number of hydrogen-bond acceptors (Lipinski definition) is 8. The molecule has 2 amide bonds. The molecule has 0 atom stereocenters. The average Bonchev–Trinajstić information content (AvgIpc) is 3.35. The van der Waals surface area contributed by atoms with Gasteiger partial charge in [0.05, 0.1) is 19.1 Å². The molecule has 11 heteroatoms. The van der Waals surface area contributed by atoms with E-state index >= 15 is 0 Å². The van der Waals surface area contributed by atoms with Crippen LogP contribution in [-0.2, 0) is 10.0 Å². The first-order valence-corrected chi connectivity index (χ1v) is 10.3. The molecule has 144 valence electrons. The third kappa shape index (κ3) is 4.37. The monoisotopic (exact) mass is 411 g/mol. The number of rotatable bonds is 7. The van der Waals surface area contributed by atoms with E-state index in [1.807, 2.05) is 4.72 Å². The van der Waals surface area contributed by atoms with E-state index in [1.54, 1.807) is 0 Å². The number of sulfonamides is 1. The van der Waals surface area contributed by atoms with Crippen molar-refractivity contribution in [1.82, 2.24) is 9.71 Å². The second-order valence-corrected chi connectivity index (χ2v) is 8.31. The Morgan fingerprint density at radius 1 is 1.22 bits per heavy atom. The molecule has 1 fully saturated rings. The molecule has 3 rings (SSSR count). The van der Waals surface area contributed by atoms with Crippen LogP contribution < -0.4 is 19.5 Å². The molecule has 0 spiro atoms. The zero-order valence-electron chi connectivity index (χ0n) is 14.5. The van der Waals surface area contributed by atoms with Crippen LogP contribution >= 0.6 is 11.3 Å². The Kier molecular flexibility index (Phi) is 5.33. The lowest BCUT2D eigenvalue weighted by Gasteiger charge is -2.10. The van der Waals surface area contributed by atoms with Crippen molar-refractivity contribution in [3.8, 4) is 11.6 Å². The second-order valence-electron chi connectivity index (χ2n) is 5.75. The highest BCUT2D eigenvalue weighted by Gasteiger charge is 2.35. The molecule has 2 N–H and O–H groups in total. The highest BCUT2D eigenvalue weighted by Crippen LogP contribution is 2.36. The van der Waals surface area contributed by atoms with Gasteiger partial charge < -0.3 is 9.47 Å². The van der Waals surface area contributed by atoms with Crippen LogP contribution in [0.1, 0.15) is 22.5 Å². The zero-order valence-corrected chi connectivity index (χ0v) is 16.1. The molecule has 0 aromatic carbocycles. The summed E-state index contributed by atoms with van der Waals surface area (Å²) < 4.78 is 37.0. The van der Waals surface area contributed by atoms with E-state index in [-0.39, 0.29) is 33.2 Å². The highest BCUT2D eigenvalue weighted by atomic mass is 32.2. The van der Waals surface area contributed by atoms with Gasteiger partial charge in [0, 0.05) is 18.1 Å². The van der Waals surface area contributed by atoms with E-state index in [1.165, 1.54) is 37.8 Å². The van der Waals surface area contributed by atoms with Crippen molar-refractivity contribution in [2.24, 2.45) is 5.92 Å². The molecular formula is C16H17N3O6S2. The number of thiophene rings is 1. The van der Waals surface area contributed by atoms with E-state index in [0.717, 1.165) is 24.2 Å². The molecule has 0 bridgehead atoms. The number of anilines is 1. The molecule has 0 radical (unpaired) electrons. The van der Waals surface area contributed by atoms with Gasteiger partial charge in [-0.05, 0) is 24.3 Å². The van der Waals surface area contributed by atoms with Crippen molar-refractivity contribution in [3.63, 3.8) is 0 Å². The number of ether oxygens (including phenoxy) is 2. The number of nitrogens with zero attached hydrogens (tertiary/aromatic N) is 1. The van der Waals surface area contributed by atoms with Crippen LogP contribution in [0.2, 0.25) is 0 Å². The lowest BCUT2D eigenvalue weighted by molar-refractivity contribution is 0.0968. The van der Waals surface area contributed by atoms with Gasteiger partial charge in [0.25, 0.3) is 10.0 Å². The van der Waals surface area contributed by atoms with Crippen LogP contribution in [0.15, 0.2) is 28.5 Å². The highest BCUT2D eigenvalue weighted by molar-refractivity contribution is 7.90. The largest absolute Gasteiger partial charge is 0.496 e. The predicted octanol–water partition coefficient (Wildman–Crippen LogP) is 2.26. The minimum atomic E-state index is -4.21. The van der Waals surface area contributed by atoms with Crippen LogP contribution in [0.4, 0.5) is 10.6 Å². The molecule has 0 aliphatic heterocycles. The predicted molar refractivity (Wildman–Crippen MR) is 98.1 cm³/mol. The van der Waals surface area contributed by atoms with Gasteiger partial charge in [-0.2, -0.15) is 4.98 Å². The topological polar surface area (TPSA) is 124 Å². The van der Waals surface area contributed by atoms with Gasteiger partial charge in [0.15, 0.2) is 5.78 Å². The minimum Gasteiger partial charge on any atom is -0.496 e.